The summed E-state index contributed by atoms with van der Waals surface area (Å²) in [5.74, 6) is 5.09. The smallest absolute Gasteiger partial charge is 0.270 e. The minimum Gasteiger partial charge on any atom is -0.493 e. The Kier molecular flexibility index (Phi) is 4.73. The van der Waals surface area contributed by atoms with E-state index in [4.69, 9.17) is 10.6 Å². The number of para-hydroxylation sites is 1. The first-order valence-corrected chi connectivity index (χ1v) is 6.63. The van der Waals surface area contributed by atoms with E-state index in [0.29, 0.717) is 18.1 Å². The van der Waals surface area contributed by atoms with Crippen molar-refractivity contribution in [2.75, 3.05) is 6.61 Å². The molecule has 21 heavy (non-hydrogen) atoms. The molecule has 4 N–H and O–H groups in total. The number of aromatic nitrogens is 1. The number of rotatable bonds is 5. The van der Waals surface area contributed by atoms with E-state index in [1.807, 2.05) is 36.6 Å². The van der Waals surface area contributed by atoms with Crippen molar-refractivity contribution >= 4 is 5.91 Å². The summed E-state index contributed by atoms with van der Waals surface area (Å²) in [7, 11) is 0. The van der Waals surface area contributed by atoms with E-state index in [0.717, 1.165) is 12.0 Å². The van der Waals surface area contributed by atoms with Gasteiger partial charge >= 0.3 is 0 Å². The largest absolute Gasteiger partial charge is 0.493 e. The lowest BCUT2D eigenvalue weighted by Crippen LogP contribution is -2.34. The number of benzene rings is 1. The van der Waals surface area contributed by atoms with Crippen molar-refractivity contribution in [2.24, 2.45) is 5.84 Å². The molecule has 0 saturated carbocycles. The van der Waals surface area contributed by atoms with Gasteiger partial charge in [-0.05, 0) is 30.7 Å². The Morgan fingerprint density at radius 2 is 2.05 bits per heavy atom. The number of hydrogen-bond acceptors (Lipinski definition) is 4. The van der Waals surface area contributed by atoms with Crippen molar-refractivity contribution < 1.29 is 9.53 Å². The van der Waals surface area contributed by atoms with Crippen molar-refractivity contribution in [2.45, 2.75) is 13.3 Å². The second-order valence-electron chi connectivity index (χ2n) is 4.43. The highest BCUT2D eigenvalue weighted by molar-refractivity contribution is 5.93. The topological polar surface area (TPSA) is 97.2 Å². The lowest BCUT2D eigenvalue weighted by molar-refractivity contribution is 0.0952. The SMILES string of the molecule is CCCOc1ccccc1-c1ccc(C(=O)NN)c(=O)[nH]1. The molecule has 1 aromatic heterocycles. The minimum absolute atomic E-state index is 0.0341. The standard InChI is InChI=1S/C15H17N3O3/c1-2-9-21-13-6-4-3-5-10(13)12-8-7-11(14(19)17-12)15(20)18-16/h3-8H,2,9,16H2,1H3,(H,17,19)(H,18,20). The summed E-state index contributed by atoms with van der Waals surface area (Å²) in [6.45, 7) is 2.61. The van der Waals surface area contributed by atoms with Gasteiger partial charge in [0.25, 0.3) is 11.5 Å². The van der Waals surface area contributed by atoms with Crippen LogP contribution in [-0.2, 0) is 0 Å². The Hall–Kier alpha value is -2.60. The summed E-state index contributed by atoms with van der Waals surface area (Å²) in [4.78, 5) is 26.0. The Bertz CT molecular complexity index is 695. The molecule has 0 fully saturated rings. The van der Waals surface area contributed by atoms with Crippen LogP contribution in [0.1, 0.15) is 23.7 Å². The maximum Gasteiger partial charge on any atom is 0.270 e. The van der Waals surface area contributed by atoms with Gasteiger partial charge < -0.3 is 9.72 Å². The Morgan fingerprint density at radius 3 is 2.71 bits per heavy atom. The van der Waals surface area contributed by atoms with Gasteiger partial charge in [-0.2, -0.15) is 0 Å². The van der Waals surface area contributed by atoms with Crippen molar-refractivity contribution in [1.29, 1.82) is 0 Å². The molecule has 0 spiro atoms. The fourth-order valence-electron chi connectivity index (χ4n) is 1.91. The maximum absolute atomic E-state index is 11.9. The lowest BCUT2D eigenvalue weighted by atomic mass is 10.1. The van der Waals surface area contributed by atoms with Crippen molar-refractivity contribution in [1.82, 2.24) is 10.4 Å². The van der Waals surface area contributed by atoms with Crippen LogP contribution in [0.3, 0.4) is 0 Å². The number of nitrogens with one attached hydrogen (secondary N) is 2. The number of hydrazine groups is 1. The normalized spacial score (nSPS) is 10.2. The van der Waals surface area contributed by atoms with Crippen LogP contribution >= 0.6 is 0 Å². The average molecular weight is 287 g/mol. The summed E-state index contributed by atoms with van der Waals surface area (Å²) in [6.07, 6.45) is 0.889. The molecule has 1 heterocycles. The van der Waals surface area contributed by atoms with Crippen LogP contribution < -0.4 is 21.6 Å². The summed E-state index contributed by atoms with van der Waals surface area (Å²) in [6, 6.07) is 10.5. The average Bonchev–Trinajstić information content (AvgIpc) is 2.52. The lowest BCUT2D eigenvalue weighted by Gasteiger charge is -2.11. The second kappa shape index (κ2) is 6.71. The molecule has 2 aromatic rings. The molecule has 0 radical (unpaired) electrons. The number of carbonyl (C=O) groups is 1. The zero-order valence-electron chi connectivity index (χ0n) is 11.7. The number of aromatic amines is 1. The van der Waals surface area contributed by atoms with Crippen LogP contribution in [-0.4, -0.2) is 17.5 Å². The maximum atomic E-state index is 11.9. The third-order valence-electron chi connectivity index (χ3n) is 2.92. The van der Waals surface area contributed by atoms with Gasteiger partial charge in [-0.25, -0.2) is 5.84 Å². The van der Waals surface area contributed by atoms with Gasteiger partial charge in [-0.15, -0.1) is 0 Å². The van der Waals surface area contributed by atoms with Gasteiger partial charge in [0.2, 0.25) is 0 Å². The Morgan fingerprint density at radius 1 is 1.29 bits per heavy atom. The molecule has 0 unspecified atom stereocenters. The number of amides is 1. The van der Waals surface area contributed by atoms with E-state index < -0.39 is 11.5 Å². The van der Waals surface area contributed by atoms with Crippen LogP contribution in [0.15, 0.2) is 41.2 Å². The van der Waals surface area contributed by atoms with Gasteiger partial charge in [0.1, 0.15) is 11.3 Å². The zero-order valence-corrected chi connectivity index (χ0v) is 11.7. The number of H-pyrrole nitrogens is 1. The van der Waals surface area contributed by atoms with Crippen molar-refractivity contribution in [3.8, 4) is 17.0 Å². The quantitative estimate of drug-likeness (QED) is 0.440. The number of nitrogen functional groups attached to an aromatic ring is 1. The molecular weight excluding hydrogens is 270 g/mol. The Balaban J connectivity index is 2.41. The molecule has 110 valence electrons. The molecule has 0 aliphatic rings. The van der Waals surface area contributed by atoms with Gasteiger partial charge in [0.05, 0.1) is 12.3 Å². The van der Waals surface area contributed by atoms with Gasteiger partial charge in [-0.3, -0.25) is 15.0 Å². The highest BCUT2D eigenvalue weighted by Crippen LogP contribution is 2.27. The summed E-state index contributed by atoms with van der Waals surface area (Å²) < 4.78 is 5.66. The van der Waals surface area contributed by atoms with E-state index in [9.17, 15) is 9.59 Å². The van der Waals surface area contributed by atoms with Crippen LogP contribution in [0.2, 0.25) is 0 Å². The van der Waals surface area contributed by atoms with Crippen LogP contribution in [0.4, 0.5) is 0 Å². The highest BCUT2D eigenvalue weighted by Gasteiger charge is 2.12. The van der Waals surface area contributed by atoms with Crippen LogP contribution in [0.25, 0.3) is 11.3 Å². The molecule has 0 bridgehead atoms. The third kappa shape index (κ3) is 3.29. The molecular formula is C15H17N3O3. The number of hydrogen-bond donors (Lipinski definition) is 3. The molecule has 0 aliphatic heterocycles. The van der Waals surface area contributed by atoms with Gasteiger partial charge in [0, 0.05) is 5.56 Å². The van der Waals surface area contributed by atoms with E-state index in [1.54, 1.807) is 6.07 Å². The molecule has 6 heteroatoms. The molecule has 1 aromatic carbocycles. The van der Waals surface area contributed by atoms with Crippen molar-refractivity contribution in [3.63, 3.8) is 0 Å². The minimum atomic E-state index is -0.627. The molecule has 2 rings (SSSR count). The molecule has 1 amide bonds. The number of pyridine rings is 1. The predicted molar refractivity (Wildman–Crippen MR) is 79.9 cm³/mol. The molecule has 0 saturated heterocycles. The Labute approximate surface area is 121 Å². The third-order valence-corrected chi connectivity index (χ3v) is 2.92. The summed E-state index contributed by atoms with van der Waals surface area (Å²) in [5.41, 5.74) is 2.75. The van der Waals surface area contributed by atoms with Crippen LogP contribution in [0.5, 0.6) is 5.75 Å². The first-order valence-electron chi connectivity index (χ1n) is 6.63. The monoisotopic (exact) mass is 287 g/mol. The van der Waals surface area contributed by atoms with E-state index in [1.165, 1.54) is 6.07 Å². The molecule has 0 aliphatic carbocycles. The predicted octanol–water partition coefficient (Wildman–Crippen LogP) is 1.43. The first kappa shape index (κ1) is 14.8. The highest BCUT2D eigenvalue weighted by atomic mass is 16.5. The summed E-state index contributed by atoms with van der Waals surface area (Å²) >= 11 is 0. The molecule has 6 nitrogen and oxygen atoms in total. The zero-order chi connectivity index (χ0) is 15.2. The number of carbonyl (C=O) groups excluding carboxylic acids is 1. The van der Waals surface area contributed by atoms with Crippen molar-refractivity contribution in [3.05, 3.63) is 52.3 Å². The molecule has 0 atom stereocenters. The van der Waals surface area contributed by atoms with Crippen LogP contribution in [0, 0.1) is 0 Å². The van der Waals surface area contributed by atoms with E-state index in [2.05, 4.69) is 4.98 Å². The fraction of sp³-hybridized carbons (Fsp3) is 0.200. The fourth-order valence-corrected chi connectivity index (χ4v) is 1.91. The van der Waals surface area contributed by atoms with Gasteiger partial charge in [0.15, 0.2) is 0 Å². The number of ether oxygens (including phenoxy) is 1. The summed E-state index contributed by atoms with van der Waals surface area (Å²) in [5, 5.41) is 0. The van der Waals surface area contributed by atoms with E-state index >= 15 is 0 Å². The second-order valence-corrected chi connectivity index (χ2v) is 4.43. The van der Waals surface area contributed by atoms with Gasteiger partial charge in [-0.1, -0.05) is 19.1 Å². The van der Waals surface area contributed by atoms with E-state index in [-0.39, 0.29) is 5.56 Å². The first-order chi connectivity index (χ1) is 10.2. The number of nitrogens with two attached hydrogens (primary N) is 1.